The average molecular weight is 329 g/mol. The third kappa shape index (κ3) is 4.29. The first-order valence-electron chi connectivity index (χ1n) is 7.36. The number of carbonyl (C=O) groups is 1. The van der Waals surface area contributed by atoms with E-state index in [0.717, 1.165) is 17.7 Å². The number of rotatable bonds is 4. The van der Waals surface area contributed by atoms with E-state index < -0.39 is 17.7 Å². The van der Waals surface area contributed by atoms with E-state index >= 15 is 0 Å². The fourth-order valence-corrected chi connectivity index (χ4v) is 2.26. The van der Waals surface area contributed by atoms with Gasteiger partial charge in [-0.3, -0.25) is 0 Å². The summed E-state index contributed by atoms with van der Waals surface area (Å²) in [5.74, 6) is -1.36. The quantitative estimate of drug-likeness (QED) is 0.929. The highest BCUT2D eigenvalue weighted by atomic mass is 19.1. The number of nitrogens with one attached hydrogen (secondary N) is 1. The van der Waals surface area contributed by atoms with Crippen molar-refractivity contribution in [2.45, 2.75) is 19.5 Å². The highest BCUT2D eigenvalue weighted by Gasteiger charge is 2.16. The molecule has 0 aliphatic rings. The van der Waals surface area contributed by atoms with Crippen LogP contribution in [0.3, 0.4) is 0 Å². The second-order valence-electron chi connectivity index (χ2n) is 5.50. The molecule has 24 heavy (non-hydrogen) atoms. The molecule has 0 radical (unpaired) electrons. The Morgan fingerprint density at radius 1 is 1.25 bits per heavy atom. The number of hydrogen-bond donors (Lipinski definition) is 1. The first-order valence-corrected chi connectivity index (χ1v) is 7.36. The topological polar surface area (TPSA) is 56.1 Å². The Balaban J connectivity index is 1.98. The lowest BCUT2D eigenvalue weighted by Crippen LogP contribution is -2.38. The minimum atomic E-state index is -0.697. The number of amides is 2. The van der Waals surface area contributed by atoms with Gasteiger partial charge in [0.05, 0.1) is 17.7 Å². The van der Waals surface area contributed by atoms with Crippen LogP contribution in [0.15, 0.2) is 42.5 Å². The molecule has 0 aliphatic heterocycles. The summed E-state index contributed by atoms with van der Waals surface area (Å²) in [6.07, 6.45) is 0. The maximum atomic E-state index is 13.7. The molecule has 1 unspecified atom stereocenters. The normalized spacial score (nSPS) is 11.5. The Hall–Kier alpha value is -2.94. The van der Waals surface area contributed by atoms with Crippen LogP contribution >= 0.6 is 0 Å². The summed E-state index contributed by atoms with van der Waals surface area (Å²) in [4.78, 5) is 13.6. The van der Waals surface area contributed by atoms with E-state index in [1.165, 1.54) is 11.0 Å². The van der Waals surface area contributed by atoms with E-state index in [1.807, 2.05) is 6.07 Å². The number of carbonyl (C=O) groups excluding carboxylic acids is 1. The van der Waals surface area contributed by atoms with Crippen LogP contribution in [0.5, 0.6) is 0 Å². The Labute approximate surface area is 139 Å². The van der Waals surface area contributed by atoms with Crippen LogP contribution in [0.2, 0.25) is 0 Å². The van der Waals surface area contributed by atoms with E-state index in [1.54, 1.807) is 38.2 Å². The summed E-state index contributed by atoms with van der Waals surface area (Å²) in [7, 11) is 1.61. The maximum Gasteiger partial charge on any atom is 0.317 e. The monoisotopic (exact) mass is 329 g/mol. The molecule has 0 saturated carbocycles. The number of urea groups is 1. The summed E-state index contributed by atoms with van der Waals surface area (Å²) in [6, 6.07) is 11.2. The van der Waals surface area contributed by atoms with Gasteiger partial charge in [-0.05, 0) is 30.7 Å². The van der Waals surface area contributed by atoms with E-state index in [9.17, 15) is 13.6 Å². The van der Waals surface area contributed by atoms with E-state index in [4.69, 9.17) is 5.26 Å². The second-order valence-corrected chi connectivity index (χ2v) is 5.50. The van der Waals surface area contributed by atoms with Crippen molar-refractivity contribution < 1.29 is 13.6 Å². The van der Waals surface area contributed by atoms with Crippen molar-refractivity contribution in [3.63, 3.8) is 0 Å². The molecule has 124 valence electrons. The SMILES string of the molecule is CC(NC(=O)N(C)Cc1ccc(C#N)cc1)c1ccc(F)cc1F. The predicted octanol–water partition coefficient (Wildman–Crippen LogP) is 3.74. The fourth-order valence-electron chi connectivity index (χ4n) is 2.26. The van der Waals surface area contributed by atoms with Crippen molar-refractivity contribution >= 4 is 6.03 Å². The number of nitriles is 1. The van der Waals surface area contributed by atoms with Gasteiger partial charge in [0.25, 0.3) is 0 Å². The second kappa shape index (κ2) is 7.55. The molecule has 2 aromatic carbocycles. The van der Waals surface area contributed by atoms with E-state index in [2.05, 4.69) is 5.32 Å². The maximum absolute atomic E-state index is 13.7. The number of hydrogen-bond acceptors (Lipinski definition) is 2. The van der Waals surface area contributed by atoms with Gasteiger partial charge in [0, 0.05) is 25.2 Å². The van der Waals surface area contributed by atoms with Gasteiger partial charge in [-0.15, -0.1) is 0 Å². The van der Waals surface area contributed by atoms with Crippen molar-refractivity contribution in [3.05, 3.63) is 70.8 Å². The first-order chi connectivity index (χ1) is 11.4. The highest BCUT2D eigenvalue weighted by Crippen LogP contribution is 2.18. The molecule has 0 bridgehead atoms. The zero-order valence-corrected chi connectivity index (χ0v) is 13.4. The van der Waals surface area contributed by atoms with Crippen molar-refractivity contribution in [1.29, 1.82) is 5.26 Å². The molecule has 2 rings (SSSR count). The van der Waals surface area contributed by atoms with Crippen LogP contribution in [0.25, 0.3) is 0 Å². The molecule has 2 amide bonds. The fraction of sp³-hybridized carbons (Fsp3) is 0.222. The molecule has 0 fully saturated rings. The van der Waals surface area contributed by atoms with Gasteiger partial charge in [0.15, 0.2) is 0 Å². The van der Waals surface area contributed by atoms with Crippen LogP contribution in [0, 0.1) is 23.0 Å². The molecule has 0 spiro atoms. The standard InChI is InChI=1S/C18H17F2N3O/c1-12(16-8-7-15(19)9-17(16)20)22-18(24)23(2)11-14-5-3-13(10-21)4-6-14/h3-9,12H,11H2,1-2H3,(H,22,24). The summed E-state index contributed by atoms with van der Waals surface area (Å²) >= 11 is 0. The zero-order valence-electron chi connectivity index (χ0n) is 13.4. The average Bonchev–Trinajstić information content (AvgIpc) is 2.55. The number of benzene rings is 2. The van der Waals surface area contributed by atoms with E-state index in [-0.39, 0.29) is 11.6 Å². The summed E-state index contributed by atoms with van der Waals surface area (Å²) in [6.45, 7) is 1.97. The smallest absolute Gasteiger partial charge is 0.317 e. The van der Waals surface area contributed by atoms with Crippen molar-refractivity contribution in [3.8, 4) is 6.07 Å². The number of halogens is 2. The zero-order chi connectivity index (χ0) is 17.7. The molecule has 0 heterocycles. The molecular formula is C18H17F2N3O. The molecule has 0 saturated heterocycles. The molecule has 1 N–H and O–H groups in total. The van der Waals surface area contributed by atoms with Gasteiger partial charge in [0.1, 0.15) is 11.6 Å². The molecule has 6 heteroatoms. The first kappa shape index (κ1) is 17.4. The molecular weight excluding hydrogens is 312 g/mol. The summed E-state index contributed by atoms with van der Waals surface area (Å²) in [5.41, 5.74) is 1.63. The largest absolute Gasteiger partial charge is 0.331 e. The van der Waals surface area contributed by atoms with Crippen molar-refractivity contribution in [1.82, 2.24) is 10.2 Å². The Morgan fingerprint density at radius 3 is 2.50 bits per heavy atom. The van der Waals surface area contributed by atoms with Crippen molar-refractivity contribution in [2.75, 3.05) is 7.05 Å². The molecule has 1 atom stereocenters. The van der Waals surface area contributed by atoms with Crippen LogP contribution in [-0.2, 0) is 6.54 Å². The van der Waals surface area contributed by atoms with E-state index in [0.29, 0.717) is 12.1 Å². The minimum absolute atomic E-state index is 0.219. The Kier molecular flexibility index (Phi) is 5.48. The number of nitrogens with zero attached hydrogens (tertiary/aromatic N) is 2. The third-order valence-electron chi connectivity index (χ3n) is 3.62. The van der Waals surface area contributed by atoms with Crippen LogP contribution < -0.4 is 5.32 Å². The third-order valence-corrected chi connectivity index (χ3v) is 3.62. The van der Waals surface area contributed by atoms with Gasteiger partial charge in [-0.2, -0.15) is 5.26 Å². The molecule has 0 aromatic heterocycles. The Bertz CT molecular complexity index is 769. The lowest BCUT2D eigenvalue weighted by atomic mass is 10.1. The van der Waals surface area contributed by atoms with Gasteiger partial charge in [-0.25, -0.2) is 13.6 Å². The van der Waals surface area contributed by atoms with Gasteiger partial charge in [0.2, 0.25) is 0 Å². The van der Waals surface area contributed by atoms with Gasteiger partial charge < -0.3 is 10.2 Å². The molecule has 4 nitrogen and oxygen atoms in total. The van der Waals surface area contributed by atoms with Crippen molar-refractivity contribution in [2.24, 2.45) is 0 Å². The Morgan fingerprint density at radius 2 is 1.92 bits per heavy atom. The van der Waals surface area contributed by atoms with Gasteiger partial charge in [-0.1, -0.05) is 18.2 Å². The summed E-state index contributed by atoms with van der Waals surface area (Å²) < 4.78 is 26.7. The lowest BCUT2D eigenvalue weighted by Gasteiger charge is -2.22. The lowest BCUT2D eigenvalue weighted by molar-refractivity contribution is 0.203. The predicted molar refractivity (Wildman–Crippen MR) is 85.9 cm³/mol. The van der Waals surface area contributed by atoms with Crippen LogP contribution in [0.1, 0.15) is 29.7 Å². The van der Waals surface area contributed by atoms with Crippen LogP contribution in [-0.4, -0.2) is 18.0 Å². The highest BCUT2D eigenvalue weighted by molar-refractivity contribution is 5.74. The molecule has 0 aliphatic carbocycles. The summed E-state index contributed by atoms with van der Waals surface area (Å²) in [5, 5.41) is 11.4. The molecule has 2 aromatic rings. The van der Waals surface area contributed by atoms with Crippen LogP contribution in [0.4, 0.5) is 13.6 Å². The minimum Gasteiger partial charge on any atom is -0.331 e. The van der Waals surface area contributed by atoms with Gasteiger partial charge >= 0.3 is 6.03 Å².